The maximum atomic E-state index is 12.7. The molecule has 2 amide bonds. The third-order valence-corrected chi connectivity index (χ3v) is 11.0. The van der Waals surface area contributed by atoms with Crippen molar-refractivity contribution in [2.75, 3.05) is 71.8 Å². The van der Waals surface area contributed by atoms with Crippen LogP contribution in [-0.4, -0.2) is 149 Å². The molecule has 0 aliphatic heterocycles. The van der Waals surface area contributed by atoms with E-state index in [-0.39, 0.29) is 117 Å². The molecule has 64 heavy (non-hydrogen) atoms. The summed E-state index contributed by atoms with van der Waals surface area (Å²) < 4.78 is 33.5. The van der Waals surface area contributed by atoms with Gasteiger partial charge in [-0.3, -0.25) is 28.8 Å². The maximum Gasteiger partial charge on any atom is 0.333 e. The first kappa shape index (κ1) is 58.6. The lowest BCUT2D eigenvalue weighted by Gasteiger charge is -2.34. The van der Waals surface area contributed by atoms with E-state index in [0.29, 0.717) is 84.1 Å². The number of rotatable bonds is 39. The molecule has 7 atom stereocenters. The van der Waals surface area contributed by atoms with Gasteiger partial charge in [-0.15, -0.1) is 0 Å². The number of esters is 1. The Morgan fingerprint density at radius 2 is 1.41 bits per heavy atom. The third kappa shape index (κ3) is 26.5. The second-order valence-corrected chi connectivity index (χ2v) is 16.4. The molecule has 0 saturated heterocycles. The Hall–Kier alpha value is -3.43. The SMILES string of the molecule is CCOC(=O)C1=C[C@@H](O[C@@H](CC)CCCC(=O)CCOCCOCCOCCOCCNC(=O)CCC(=O)CC[C@H](N)C(=O)C[C@@H](CC(C)=O)C(=O)NC(CS)C(C)=O)[C@H](C)[C@@H](N)C1. The molecule has 366 valence electrons. The highest BCUT2D eigenvalue weighted by atomic mass is 32.1. The van der Waals surface area contributed by atoms with Gasteiger partial charge in [-0.1, -0.05) is 13.8 Å². The highest BCUT2D eigenvalue weighted by Crippen LogP contribution is 2.28. The minimum absolute atomic E-state index is 0.0273. The van der Waals surface area contributed by atoms with Gasteiger partial charge in [-0.2, -0.15) is 12.6 Å². The van der Waals surface area contributed by atoms with Gasteiger partial charge in [-0.25, -0.2) is 4.79 Å². The van der Waals surface area contributed by atoms with Crippen LogP contribution in [0.2, 0.25) is 0 Å². The minimum Gasteiger partial charge on any atom is -0.463 e. The number of thiol groups is 1. The molecule has 1 aliphatic carbocycles. The van der Waals surface area contributed by atoms with E-state index in [9.17, 15) is 38.4 Å². The summed E-state index contributed by atoms with van der Waals surface area (Å²) in [5, 5.41) is 5.19. The first-order chi connectivity index (χ1) is 30.5. The van der Waals surface area contributed by atoms with Crippen LogP contribution in [0.15, 0.2) is 11.6 Å². The lowest BCUT2D eigenvalue weighted by Crippen LogP contribution is -2.45. The van der Waals surface area contributed by atoms with Crippen LogP contribution >= 0.6 is 12.6 Å². The molecule has 0 fully saturated rings. The topological polar surface area (TPSA) is 268 Å². The van der Waals surface area contributed by atoms with Crippen LogP contribution in [0.1, 0.15) is 112 Å². The van der Waals surface area contributed by atoms with Crippen molar-refractivity contribution in [2.45, 2.75) is 142 Å². The number of Topliss-reactive ketones (excluding diaryl/α,β-unsaturated/α-hetero) is 5. The fraction of sp³-hybridized carbons (Fsp3) is 0.778. The summed E-state index contributed by atoms with van der Waals surface area (Å²) in [6.45, 7) is 11.7. The summed E-state index contributed by atoms with van der Waals surface area (Å²) in [7, 11) is 0. The van der Waals surface area contributed by atoms with Gasteiger partial charge in [0.25, 0.3) is 0 Å². The number of ketones is 5. The van der Waals surface area contributed by atoms with Crippen molar-refractivity contribution in [1.82, 2.24) is 10.6 Å². The van der Waals surface area contributed by atoms with Crippen molar-refractivity contribution in [1.29, 1.82) is 0 Å². The first-order valence-electron chi connectivity index (χ1n) is 22.6. The summed E-state index contributed by atoms with van der Waals surface area (Å²) in [5.74, 6) is -3.38. The van der Waals surface area contributed by atoms with Crippen LogP contribution in [0.4, 0.5) is 0 Å². The molecule has 0 aromatic heterocycles. The molecule has 0 bridgehead atoms. The van der Waals surface area contributed by atoms with Gasteiger partial charge in [0.15, 0.2) is 5.78 Å². The second-order valence-electron chi connectivity index (χ2n) is 16.1. The van der Waals surface area contributed by atoms with Crippen molar-refractivity contribution in [3.8, 4) is 0 Å². The second kappa shape index (κ2) is 34.9. The van der Waals surface area contributed by atoms with Gasteiger partial charge in [-0.05, 0) is 59.0 Å². The van der Waals surface area contributed by atoms with Gasteiger partial charge in [0, 0.05) is 74.8 Å². The number of nitrogens with one attached hydrogen (secondary N) is 2. The molecule has 0 spiro atoms. The van der Waals surface area contributed by atoms with Gasteiger partial charge in [0.2, 0.25) is 11.8 Å². The quantitative estimate of drug-likeness (QED) is 0.0336. The van der Waals surface area contributed by atoms with Crippen LogP contribution in [0, 0.1) is 11.8 Å². The first-order valence-corrected chi connectivity index (χ1v) is 23.2. The van der Waals surface area contributed by atoms with Crippen molar-refractivity contribution in [2.24, 2.45) is 23.3 Å². The Balaban J connectivity index is 2.06. The Morgan fingerprint density at radius 3 is 1.98 bits per heavy atom. The molecule has 1 aliphatic rings. The summed E-state index contributed by atoms with van der Waals surface area (Å²) in [5.41, 5.74) is 12.8. The lowest BCUT2D eigenvalue weighted by molar-refractivity contribution is -0.139. The van der Waals surface area contributed by atoms with E-state index in [0.717, 1.165) is 12.8 Å². The lowest BCUT2D eigenvalue weighted by atomic mass is 9.84. The predicted molar refractivity (Wildman–Crippen MR) is 242 cm³/mol. The molecule has 0 aromatic carbocycles. The highest BCUT2D eigenvalue weighted by Gasteiger charge is 2.33. The zero-order valence-electron chi connectivity index (χ0n) is 38.7. The molecular weight excluding hydrogens is 853 g/mol. The number of amides is 2. The van der Waals surface area contributed by atoms with E-state index in [1.807, 2.05) is 19.9 Å². The Morgan fingerprint density at radius 1 is 0.797 bits per heavy atom. The molecule has 18 nitrogen and oxygen atoms in total. The Bertz CT molecular complexity index is 1500. The van der Waals surface area contributed by atoms with Gasteiger partial charge in [0.1, 0.15) is 23.1 Å². The molecule has 0 aromatic rings. The minimum atomic E-state index is -1.03. The number of carbonyl (C=O) groups is 8. The largest absolute Gasteiger partial charge is 0.463 e. The van der Waals surface area contributed by atoms with E-state index in [1.54, 1.807) is 6.92 Å². The smallest absolute Gasteiger partial charge is 0.333 e. The summed E-state index contributed by atoms with van der Waals surface area (Å²) in [6, 6.07) is -2.07. The average Bonchev–Trinajstić information content (AvgIpc) is 3.25. The fourth-order valence-corrected chi connectivity index (χ4v) is 6.95. The Kier molecular flexibility index (Phi) is 31.9. The number of ether oxygens (including phenoxy) is 6. The average molecular weight is 929 g/mol. The molecule has 19 heteroatoms. The summed E-state index contributed by atoms with van der Waals surface area (Å²) >= 11 is 4.05. The molecule has 1 rings (SSSR count). The van der Waals surface area contributed by atoms with Crippen molar-refractivity contribution >= 4 is 59.3 Å². The zero-order chi connectivity index (χ0) is 47.9. The van der Waals surface area contributed by atoms with Crippen molar-refractivity contribution in [3.63, 3.8) is 0 Å². The van der Waals surface area contributed by atoms with Crippen molar-refractivity contribution < 1.29 is 66.8 Å². The van der Waals surface area contributed by atoms with Crippen LogP contribution < -0.4 is 22.1 Å². The van der Waals surface area contributed by atoms with Gasteiger partial charge >= 0.3 is 5.97 Å². The molecule has 0 saturated carbocycles. The maximum absolute atomic E-state index is 12.7. The highest BCUT2D eigenvalue weighted by molar-refractivity contribution is 7.80. The molecule has 0 radical (unpaired) electrons. The molecule has 0 heterocycles. The standard InChI is InChI=1S/C45H76N4O14S/c1-6-37(63-42-28-34(45(57)62-7-2)26-39(47)31(42)4)10-8-9-35(52)15-17-58-19-21-60-23-24-61-22-20-59-18-16-48-43(55)14-12-36(53)11-13-38(46)41(54)27-33(25-30(3)50)44(56)49-40(29-64)32(5)51/h28,31,33,37-40,42,64H,6-27,29,46-47H2,1-5H3,(H,48,55)(H,49,56)/t31-,33-,37+,38+,39+,40?,42-/m1/s1. The Labute approximate surface area is 384 Å². The predicted octanol–water partition coefficient (Wildman–Crippen LogP) is 2.33. The number of nitrogens with two attached hydrogens (primary N) is 2. The molecule has 6 N–H and O–H groups in total. The van der Waals surface area contributed by atoms with Crippen LogP contribution in [-0.2, 0) is 66.8 Å². The van der Waals surface area contributed by atoms with Crippen molar-refractivity contribution in [3.05, 3.63) is 11.6 Å². The number of hydrogen-bond acceptors (Lipinski definition) is 17. The normalized spacial score (nSPS) is 17.9. The monoisotopic (exact) mass is 929 g/mol. The van der Waals surface area contributed by atoms with E-state index in [2.05, 4.69) is 23.3 Å². The number of hydrogen-bond donors (Lipinski definition) is 5. The molecular formula is C45H76N4O14S. The van der Waals surface area contributed by atoms with Gasteiger partial charge in [0.05, 0.1) is 89.7 Å². The zero-order valence-corrected chi connectivity index (χ0v) is 39.6. The number of carbonyl (C=O) groups excluding carboxylic acids is 8. The summed E-state index contributed by atoms with van der Waals surface area (Å²) in [4.78, 5) is 97.9. The van der Waals surface area contributed by atoms with E-state index >= 15 is 0 Å². The van der Waals surface area contributed by atoms with Crippen LogP contribution in [0.5, 0.6) is 0 Å². The molecule has 1 unspecified atom stereocenters. The van der Waals surface area contributed by atoms with Gasteiger partial charge < -0.3 is 55.3 Å². The summed E-state index contributed by atoms with van der Waals surface area (Å²) in [6.07, 6.45) is 4.38. The van der Waals surface area contributed by atoms with E-state index in [4.69, 9.17) is 39.9 Å². The fourth-order valence-electron chi connectivity index (χ4n) is 6.60. The van der Waals surface area contributed by atoms with Crippen LogP contribution in [0.3, 0.4) is 0 Å². The van der Waals surface area contributed by atoms with E-state index in [1.165, 1.54) is 13.8 Å². The van der Waals surface area contributed by atoms with E-state index < -0.39 is 29.7 Å². The van der Waals surface area contributed by atoms with Crippen LogP contribution in [0.25, 0.3) is 0 Å². The third-order valence-electron chi connectivity index (χ3n) is 10.7.